The quantitative estimate of drug-likeness (QED) is 0.761. The van der Waals surface area contributed by atoms with E-state index in [2.05, 4.69) is 48.2 Å². The second kappa shape index (κ2) is 6.59. The van der Waals surface area contributed by atoms with E-state index in [4.69, 9.17) is 4.74 Å². The summed E-state index contributed by atoms with van der Waals surface area (Å²) in [5.74, 6) is 0.650. The number of H-pyrrole nitrogens is 1. The molecule has 130 valence electrons. The average molecular weight is 337 g/mol. The Morgan fingerprint density at radius 1 is 1.20 bits per heavy atom. The van der Waals surface area contributed by atoms with Gasteiger partial charge in [-0.25, -0.2) is 4.98 Å². The van der Waals surface area contributed by atoms with Crippen molar-refractivity contribution in [1.82, 2.24) is 15.3 Å². The number of aromatic nitrogens is 2. The van der Waals surface area contributed by atoms with E-state index in [1.807, 2.05) is 12.1 Å². The van der Waals surface area contributed by atoms with Gasteiger partial charge in [0.2, 0.25) is 0 Å². The number of carbonyl (C=O) groups is 1. The smallest absolute Gasteiger partial charge is 0.251 e. The Balaban J connectivity index is 1.78. The number of fused-ring (bicyclic) bond motifs is 1. The molecule has 0 aliphatic rings. The van der Waals surface area contributed by atoms with Gasteiger partial charge in [-0.05, 0) is 41.3 Å². The first-order valence-corrected chi connectivity index (χ1v) is 8.27. The van der Waals surface area contributed by atoms with E-state index in [9.17, 15) is 4.79 Å². The first kappa shape index (κ1) is 17.0. The van der Waals surface area contributed by atoms with Crippen molar-refractivity contribution < 1.29 is 9.53 Å². The number of methoxy groups -OCH3 is 1. The Kier molecular flexibility index (Phi) is 4.49. The first-order valence-electron chi connectivity index (χ1n) is 8.27. The van der Waals surface area contributed by atoms with Crippen LogP contribution in [-0.2, 0) is 12.0 Å². The number of hydrogen-bond donors (Lipinski definition) is 2. The summed E-state index contributed by atoms with van der Waals surface area (Å²) in [5.41, 5.74) is 4.50. The molecule has 1 heterocycles. The molecule has 0 spiro atoms. The van der Waals surface area contributed by atoms with Crippen molar-refractivity contribution >= 4 is 16.9 Å². The highest BCUT2D eigenvalue weighted by atomic mass is 16.5. The number of amides is 1. The molecule has 1 amide bonds. The van der Waals surface area contributed by atoms with Crippen LogP contribution in [0.25, 0.3) is 11.0 Å². The van der Waals surface area contributed by atoms with Gasteiger partial charge < -0.3 is 15.0 Å². The molecule has 0 aliphatic heterocycles. The van der Waals surface area contributed by atoms with Crippen LogP contribution in [0.15, 0.2) is 42.7 Å². The lowest BCUT2D eigenvalue weighted by Crippen LogP contribution is -2.23. The van der Waals surface area contributed by atoms with Crippen LogP contribution in [0.5, 0.6) is 5.75 Å². The summed E-state index contributed by atoms with van der Waals surface area (Å²) in [7, 11) is 1.64. The molecule has 3 rings (SSSR count). The largest absolute Gasteiger partial charge is 0.496 e. The molecule has 0 aliphatic carbocycles. The average Bonchev–Trinajstić information content (AvgIpc) is 3.06. The standard InChI is InChI=1S/C20H23N3O2/c1-20(2,3)15-6-8-18(25-4)14(9-15)11-21-19(24)13-5-7-16-17(10-13)23-12-22-16/h5-10,12H,11H2,1-4H3,(H,21,24)(H,22,23). The maximum atomic E-state index is 12.5. The van der Waals surface area contributed by atoms with E-state index in [-0.39, 0.29) is 11.3 Å². The third-order valence-corrected chi connectivity index (χ3v) is 4.27. The summed E-state index contributed by atoms with van der Waals surface area (Å²) in [6.45, 7) is 6.90. The van der Waals surface area contributed by atoms with Crippen LogP contribution < -0.4 is 10.1 Å². The summed E-state index contributed by atoms with van der Waals surface area (Å²) >= 11 is 0. The van der Waals surface area contributed by atoms with Crippen LogP contribution >= 0.6 is 0 Å². The van der Waals surface area contributed by atoms with Gasteiger partial charge in [0, 0.05) is 17.7 Å². The number of ether oxygens (including phenoxy) is 1. The first-order chi connectivity index (χ1) is 11.9. The fraction of sp³-hybridized carbons (Fsp3) is 0.300. The van der Waals surface area contributed by atoms with Crippen molar-refractivity contribution in [3.8, 4) is 5.75 Å². The maximum absolute atomic E-state index is 12.5. The number of nitrogens with one attached hydrogen (secondary N) is 2. The minimum Gasteiger partial charge on any atom is -0.496 e. The Labute approximate surface area is 147 Å². The van der Waals surface area contributed by atoms with Gasteiger partial charge >= 0.3 is 0 Å². The van der Waals surface area contributed by atoms with Gasteiger partial charge in [-0.15, -0.1) is 0 Å². The minimum absolute atomic E-state index is 0.0384. The molecule has 0 fully saturated rings. The van der Waals surface area contributed by atoms with E-state index in [1.165, 1.54) is 5.56 Å². The zero-order valence-electron chi connectivity index (χ0n) is 15.0. The maximum Gasteiger partial charge on any atom is 0.251 e. The molecular formula is C20H23N3O2. The lowest BCUT2D eigenvalue weighted by molar-refractivity contribution is 0.0951. The highest BCUT2D eigenvalue weighted by molar-refractivity contribution is 5.97. The molecule has 3 aromatic rings. The number of nitrogens with zero attached hydrogens (tertiary/aromatic N) is 1. The molecular weight excluding hydrogens is 314 g/mol. The van der Waals surface area contributed by atoms with Gasteiger partial charge in [-0.3, -0.25) is 4.79 Å². The lowest BCUT2D eigenvalue weighted by atomic mass is 9.86. The number of carbonyl (C=O) groups excluding carboxylic acids is 1. The molecule has 2 aromatic carbocycles. The van der Waals surface area contributed by atoms with Crippen LogP contribution in [0, 0.1) is 0 Å². The highest BCUT2D eigenvalue weighted by Gasteiger charge is 2.16. The fourth-order valence-electron chi connectivity index (χ4n) is 2.74. The van der Waals surface area contributed by atoms with Crippen molar-refractivity contribution in [3.63, 3.8) is 0 Å². The normalized spacial score (nSPS) is 11.5. The van der Waals surface area contributed by atoms with Crippen LogP contribution in [0.1, 0.15) is 42.3 Å². The zero-order valence-corrected chi connectivity index (χ0v) is 15.0. The van der Waals surface area contributed by atoms with Gasteiger partial charge in [0.15, 0.2) is 0 Å². The topological polar surface area (TPSA) is 67.0 Å². The second-order valence-corrected chi connectivity index (χ2v) is 7.09. The Morgan fingerprint density at radius 3 is 2.72 bits per heavy atom. The van der Waals surface area contributed by atoms with Crippen molar-refractivity contribution in [3.05, 3.63) is 59.4 Å². The molecule has 0 saturated carbocycles. The van der Waals surface area contributed by atoms with Crippen LogP contribution in [0.2, 0.25) is 0 Å². The molecule has 0 saturated heterocycles. The Morgan fingerprint density at radius 2 is 2.00 bits per heavy atom. The predicted octanol–water partition coefficient (Wildman–Crippen LogP) is 3.80. The summed E-state index contributed by atoms with van der Waals surface area (Å²) in [6.07, 6.45) is 1.62. The van der Waals surface area contributed by atoms with E-state index >= 15 is 0 Å². The van der Waals surface area contributed by atoms with Crippen LogP contribution in [0.4, 0.5) is 0 Å². The minimum atomic E-state index is -0.125. The Hall–Kier alpha value is -2.82. The van der Waals surface area contributed by atoms with E-state index < -0.39 is 0 Å². The second-order valence-electron chi connectivity index (χ2n) is 7.09. The third kappa shape index (κ3) is 3.65. The van der Waals surface area contributed by atoms with Gasteiger partial charge in [0.25, 0.3) is 5.91 Å². The zero-order chi connectivity index (χ0) is 18.0. The molecule has 1 aromatic heterocycles. The number of hydrogen-bond acceptors (Lipinski definition) is 3. The van der Waals surface area contributed by atoms with Gasteiger partial charge in [0.1, 0.15) is 5.75 Å². The molecule has 0 bridgehead atoms. The summed E-state index contributed by atoms with van der Waals surface area (Å²) in [4.78, 5) is 19.7. The van der Waals surface area contributed by atoms with Gasteiger partial charge in [0.05, 0.1) is 24.5 Å². The van der Waals surface area contributed by atoms with Crippen LogP contribution in [0.3, 0.4) is 0 Å². The number of rotatable bonds is 4. The summed E-state index contributed by atoms with van der Waals surface area (Å²) in [6, 6.07) is 11.5. The SMILES string of the molecule is COc1ccc(C(C)(C)C)cc1CNC(=O)c1ccc2nc[nH]c2c1. The molecule has 25 heavy (non-hydrogen) atoms. The Bertz CT molecular complexity index is 907. The molecule has 5 nitrogen and oxygen atoms in total. The van der Waals surface area contributed by atoms with E-state index in [0.29, 0.717) is 12.1 Å². The monoisotopic (exact) mass is 337 g/mol. The molecule has 0 radical (unpaired) electrons. The summed E-state index contributed by atoms with van der Waals surface area (Å²) in [5, 5.41) is 2.97. The lowest BCUT2D eigenvalue weighted by Gasteiger charge is -2.21. The van der Waals surface area contributed by atoms with Crippen molar-refractivity contribution in [2.75, 3.05) is 7.11 Å². The highest BCUT2D eigenvalue weighted by Crippen LogP contribution is 2.28. The summed E-state index contributed by atoms with van der Waals surface area (Å²) < 4.78 is 5.43. The fourth-order valence-corrected chi connectivity index (χ4v) is 2.74. The number of aromatic amines is 1. The number of imidazole rings is 1. The molecule has 0 unspecified atom stereocenters. The molecule has 5 heteroatoms. The molecule has 2 N–H and O–H groups in total. The van der Waals surface area contributed by atoms with Crippen molar-refractivity contribution in [1.29, 1.82) is 0 Å². The van der Waals surface area contributed by atoms with E-state index in [0.717, 1.165) is 22.3 Å². The van der Waals surface area contributed by atoms with Crippen molar-refractivity contribution in [2.24, 2.45) is 0 Å². The van der Waals surface area contributed by atoms with E-state index in [1.54, 1.807) is 25.6 Å². The predicted molar refractivity (Wildman–Crippen MR) is 99.0 cm³/mol. The molecule has 0 atom stereocenters. The van der Waals surface area contributed by atoms with Gasteiger partial charge in [-0.2, -0.15) is 0 Å². The number of benzene rings is 2. The third-order valence-electron chi connectivity index (χ3n) is 4.27. The van der Waals surface area contributed by atoms with Gasteiger partial charge in [-0.1, -0.05) is 26.8 Å². The van der Waals surface area contributed by atoms with Crippen LogP contribution in [-0.4, -0.2) is 23.0 Å². The van der Waals surface area contributed by atoms with Crippen molar-refractivity contribution in [2.45, 2.75) is 32.7 Å².